The van der Waals surface area contributed by atoms with E-state index in [-0.39, 0.29) is 31.1 Å². The molecule has 2 aromatic heterocycles. The summed E-state index contributed by atoms with van der Waals surface area (Å²) in [4.78, 5) is 62.3. The van der Waals surface area contributed by atoms with Crippen molar-refractivity contribution in [3.05, 3.63) is 54.4 Å². The number of hydroxylamine groups is 1. The third kappa shape index (κ3) is 10.5. The highest BCUT2D eigenvalue weighted by atomic mass is 31.2. The molecule has 0 radical (unpaired) electrons. The molecule has 1 fully saturated rings. The van der Waals surface area contributed by atoms with E-state index in [0.29, 0.717) is 29.4 Å². The second-order valence-corrected chi connectivity index (χ2v) is 12.3. The van der Waals surface area contributed by atoms with Gasteiger partial charge in [-0.2, -0.15) is 15.4 Å². The first-order valence-corrected chi connectivity index (χ1v) is 16.2. The van der Waals surface area contributed by atoms with E-state index in [2.05, 4.69) is 25.7 Å². The Morgan fingerprint density at radius 3 is 2.51 bits per heavy atom. The van der Waals surface area contributed by atoms with Crippen molar-refractivity contribution < 1.29 is 47.4 Å². The summed E-state index contributed by atoms with van der Waals surface area (Å²) < 4.78 is 33.0. The van der Waals surface area contributed by atoms with Crippen LogP contribution in [0.25, 0.3) is 11.2 Å². The molecule has 5 rings (SSSR count). The molecular formula is C24H33N7O10P2. The van der Waals surface area contributed by atoms with Gasteiger partial charge in [0.05, 0.1) is 25.6 Å². The van der Waals surface area contributed by atoms with Crippen molar-refractivity contribution in [3.63, 3.8) is 0 Å². The van der Waals surface area contributed by atoms with E-state index >= 15 is 0 Å². The number of imidazole rings is 1. The molecule has 2 heterocycles. The number of carbonyl (C=O) groups excluding carboxylic acids is 1. The molecule has 0 spiro atoms. The maximum atomic E-state index is 12.4. The molecule has 1 saturated carbocycles. The number of fused-ring (bicyclic) bond motifs is 1. The summed E-state index contributed by atoms with van der Waals surface area (Å²) in [5, 5.41) is 3.33. The van der Waals surface area contributed by atoms with Gasteiger partial charge in [0.2, 0.25) is 5.95 Å². The van der Waals surface area contributed by atoms with E-state index in [9.17, 15) is 14.3 Å². The predicted molar refractivity (Wildman–Crippen MR) is 153 cm³/mol. The quantitative estimate of drug-likeness (QED) is 0.0847. The van der Waals surface area contributed by atoms with Gasteiger partial charge in [-0.05, 0) is 31.7 Å². The summed E-state index contributed by atoms with van der Waals surface area (Å²) >= 11 is 0. The molecule has 2 aliphatic carbocycles. The average molecular weight is 642 g/mol. The molecule has 0 amide bonds. The van der Waals surface area contributed by atoms with Gasteiger partial charge in [0.1, 0.15) is 6.04 Å². The molecule has 1 aromatic carbocycles. The van der Waals surface area contributed by atoms with Crippen LogP contribution in [0.15, 0.2) is 48.8 Å². The number of aromatic nitrogens is 4. The van der Waals surface area contributed by atoms with Gasteiger partial charge in [-0.15, -0.1) is 0 Å². The molecule has 43 heavy (non-hydrogen) atoms. The van der Waals surface area contributed by atoms with Gasteiger partial charge in [-0.25, -0.2) is 18.9 Å². The zero-order valence-corrected chi connectivity index (χ0v) is 24.8. The number of benzene rings is 1. The maximum Gasteiger partial charge on any atom is 0.529 e. The van der Waals surface area contributed by atoms with E-state index in [0.717, 1.165) is 18.4 Å². The fraction of sp³-hybridized carbons (Fsp3) is 0.417. The van der Waals surface area contributed by atoms with Gasteiger partial charge in [-0.3, -0.25) is 14.3 Å². The first-order chi connectivity index (χ1) is 20.3. The average Bonchev–Trinajstić information content (AvgIpc) is 3.44. The van der Waals surface area contributed by atoms with E-state index < -0.39 is 27.7 Å². The summed E-state index contributed by atoms with van der Waals surface area (Å²) in [7, 11) is -9.27. The number of nitrogens with two attached hydrogens (primary N) is 1. The van der Waals surface area contributed by atoms with Gasteiger partial charge in [0.15, 0.2) is 17.0 Å². The molecule has 3 aromatic rings. The minimum absolute atomic E-state index is 0.108. The molecule has 8 N–H and O–H groups in total. The summed E-state index contributed by atoms with van der Waals surface area (Å²) in [6.45, 7) is 1.55. The van der Waals surface area contributed by atoms with Crippen LogP contribution in [-0.2, 0) is 34.4 Å². The highest BCUT2D eigenvalue weighted by Crippen LogP contribution is 2.45. The summed E-state index contributed by atoms with van der Waals surface area (Å²) in [6.07, 6.45) is 8.25. The van der Waals surface area contributed by atoms with Crippen molar-refractivity contribution in [2.45, 2.75) is 50.9 Å². The first kappa shape index (κ1) is 32.7. The standard InChI is InChI=1S/C24H30N7O6P.H3O4P/c1-15(30-35-12-16-5-3-2-4-6-16)23(32)37-38(33,34)36-13-17-7-10-19(11-17)31-14-26-20-21(27-18-8-9-18)28-24(25)29-22(20)31;1-5(2,3)4/h2-7,10,14-15,17-19,30H,8-9,11-13H2,1H3,(H,33,34)(H3,25,27,28,29);(H3,1,2,3,4)/t15-,17-,19+;/m1./s1. The van der Waals surface area contributed by atoms with Crippen LogP contribution < -0.4 is 16.5 Å². The zero-order chi connectivity index (χ0) is 31.2. The smallest absolute Gasteiger partial charge is 0.369 e. The number of nitrogens with zero attached hydrogens (tertiary/aromatic N) is 4. The molecular weight excluding hydrogens is 608 g/mol. The van der Waals surface area contributed by atoms with E-state index in [1.807, 2.05) is 47.1 Å². The topological polar surface area (TPSA) is 253 Å². The van der Waals surface area contributed by atoms with Crippen LogP contribution in [0, 0.1) is 5.92 Å². The molecule has 2 aliphatic rings. The second-order valence-electron chi connectivity index (χ2n) is 9.92. The van der Waals surface area contributed by atoms with Crippen LogP contribution in [-0.4, -0.2) is 63.8 Å². The van der Waals surface area contributed by atoms with Crippen molar-refractivity contribution in [1.29, 1.82) is 0 Å². The van der Waals surface area contributed by atoms with Gasteiger partial charge < -0.3 is 34.8 Å². The van der Waals surface area contributed by atoms with Gasteiger partial charge in [0, 0.05) is 12.0 Å². The highest BCUT2D eigenvalue weighted by molar-refractivity contribution is 7.48. The number of nitrogen functional groups attached to an aromatic ring is 1. The number of carbonyl (C=O) groups is 1. The number of rotatable bonds is 12. The zero-order valence-electron chi connectivity index (χ0n) is 23.0. The molecule has 0 saturated heterocycles. The Balaban J connectivity index is 0.000000782. The Kier molecular flexibility index (Phi) is 10.7. The lowest BCUT2D eigenvalue weighted by atomic mass is 10.1. The molecule has 17 nitrogen and oxygen atoms in total. The molecule has 19 heteroatoms. The number of nitrogens with one attached hydrogen (secondary N) is 2. The third-order valence-corrected chi connectivity index (χ3v) is 7.10. The third-order valence-electron chi connectivity index (χ3n) is 6.22. The number of phosphoric acid groups is 2. The van der Waals surface area contributed by atoms with Gasteiger partial charge in [-0.1, -0.05) is 42.5 Å². The fourth-order valence-electron chi connectivity index (χ4n) is 4.06. The summed E-state index contributed by atoms with van der Waals surface area (Å²) in [6, 6.07) is 8.63. The van der Waals surface area contributed by atoms with Crippen LogP contribution in [0.1, 0.15) is 37.8 Å². The van der Waals surface area contributed by atoms with E-state index in [4.69, 9.17) is 38.9 Å². The van der Waals surface area contributed by atoms with Crippen LogP contribution in [0.4, 0.5) is 11.8 Å². The van der Waals surface area contributed by atoms with Crippen molar-refractivity contribution in [1.82, 2.24) is 25.0 Å². The highest BCUT2D eigenvalue weighted by Gasteiger charge is 2.32. The Labute approximate surface area is 245 Å². The predicted octanol–water partition coefficient (Wildman–Crippen LogP) is 1.94. The van der Waals surface area contributed by atoms with Crippen LogP contribution in [0.5, 0.6) is 0 Å². The number of hydrogen-bond donors (Lipinski definition) is 7. The van der Waals surface area contributed by atoms with E-state index in [1.54, 1.807) is 6.33 Å². The first-order valence-electron chi connectivity index (χ1n) is 13.1. The number of phosphoric ester groups is 1. The van der Waals surface area contributed by atoms with Crippen LogP contribution >= 0.6 is 15.6 Å². The van der Waals surface area contributed by atoms with Crippen LogP contribution in [0.3, 0.4) is 0 Å². The number of allylic oxidation sites excluding steroid dienone is 1. The number of anilines is 2. The normalized spacial score (nSPS) is 20.2. The minimum atomic E-state index is -4.64. The molecule has 0 bridgehead atoms. The van der Waals surface area contributed by atoms with E-state index in [1.165, 1.54) is 6.92 Å². The SMILES string of the molecule is C[C@@H](NOCc1ccccc1)C(=O)OP(=O)(O)OC[C@@H]1C=C[C@H](n2cnc3c(NC4CC4)nc(N)nc32)C1.O=P(O)(O)O. The second kappa shape index (κ2) is 14.0. The van der Waals surface area contributed by atoms with Crippen molar-refractivity contribution >= 4 is 44.5 Å². The Bertz CT molecular complexity index is 1520. The monoisotopic (exact) mass is 641 g/mol. The maximum absolute atomic E-state index is 12.4. The molecule has 0 aliphatic heterocycles. The number of hydrogen-bond acceptors (Lipinski definition) is 12. The van der Waals surface area contributed by atoms with Crippen molar-refractivity contribution in [2.24, 2.45) is 5.92 Å². The molecule has 1 unspecified atom stereocenters. The van der Waals surface area contributed by atoms with Crippen LogP contribution in [0.2, 0.25) is 0 Å². The molecule has 234 valence electrons. The fourth-order valence-corrected chi connectivity index (χ4v) is 4.88. The summed E-state index contributed by atoms with van der Waals surface area (Å²) in [5.74, 6) is -0.388. The lowest BCUT2D eigenvalue weighted by Crippen LogP contribution is -2.35. The molecule has 4 atom stereocenters. The Morgan fingerprint density at radius 2 is 1.84 bits per heavy atom. The largest absolute Gasteiger partial charge is 0.529 e. The van der Waals surface area contributed by atoms with Gasteiger partial charge in [0.25, 0.3) is 0 Å². The minimum Gasteiger partial charge on any atom is -0.369 e. The Hall–Kier alpha value is -3.24. The van der Waals surface area contributed by atoms with Gasteiger partial charge >= 0.3 is 21.6 Å². The summed E-state index contributed by atoms with van der Waals surface area (Å²) in [5.41, 5.74) is 10.6. The lowest BCUT2D eigenvalue weighted by Gasteiger charge is -2.18. The van der Waals surface area contributed by atoms with Crippen molar-refractivity contribution in [2.75, 3.05) is 17.7 Å². The van der Waals surface area contributed by atoms with Crippen molar-refractivity contribution in [3.8, 4) is 0 Å². The lowest BCUT2D eigenvalue weighted by molar-refractivity contribution is -0.142. The Morgan fingerprint density at radius 1 is 1.14 bits per heavy atom.